The van der Waals surface area contributed by atoms with Gasteiger partial charge in [-0.1, -0.05) is 42.1 Å². The second kappa shape index (κ2) is 10.5. The molecule has 0 aliphatic carbocycles. The highest BCUT2D eigenvalue weighted by Crippen LogP contribution is 2.28. The van der Waals surface area contributed by atoms with Crippen molar-refractivity contribution in [3.63, 3.8) is 0 Å². The molecule has 32 heavy (non-hydrogen) atoms. The third kappa shape index (κ3) is 5.25. The molecule has 9 heteroatoms. The smallest absolute Gasteiger partial charge is 0.250 e. The lowest BCUT2D eigenvalue weighted by Crippen LogP contribution is -2.19. The van der Waals surface area contributed by atoms with E-state index in [0.717, 1.165) is 17.0 Å². The predicted octanol–water partition coefficient (Wildman–Crippen LogP) is 4.17. The van der Waals surface area contributed by atoms with Gasteiger partial charge in [-0.15, -0.1) is 10.2 Å². The Bertz CT molecular complexity index is 1170. The second-order valence-corrected chi connectivity index (χ2v) is 7.47. The summed E-state index contributed by atoms with van der Waals surface area (Å²) in [6.07, 6.45) is 2.98. The zero-order valence-electron chi connectivity index (χ0n) is 17.3. The number of aromatic nitrogens is 3. The van der Waals surface area contributed by atoms with Crippen LogP contribution in [0, 0.1) is 0 Å². The molecule has 1 amide bonds. The minimum Gasteiger partial charge on any atom is -0.494 e. The molecule has 0 aliphatic rings. The summed E-state index contributed by atoms with van der Waals surface area (Å²) >= 11 is 1.28. The summed E-state index contributed by atoms with van der Waals surface area (Å²) in [6, 6.07) is 21.0. The number of benzene rings is 2. The molecule has 4 aromatic rings. The minimum absolute atomic E-state index is 0.124. The van der Waals surface area contributed by atoms with Crippen LogP contribution in [0.2, 0.25) is 0 Å². The van der Waals surface area contributed by atoms with Gasteiger partial charge in [0.1, 0.15) is 11.5 Å². The van der Waals surface area contributed by atoms with Crippen molar-refractivity contribution in [2.45, 2.75) is 12.1 Å². The molecule has 0 fully saturated rings. The highest BCUT2D eigenvalue weighted by molar-refractivity contribution is 7.99. The molecule has 1 N–H and O–H groups in total. The molecule has 2 aromatic heterocycles. The number of rotatable bonds is 9. The first-order chi connectivity index (χ1) is 15.7. The Hall–Kier alpha value is -3.85. The number of furan rings is 1. The van der Waals surface area contributed by atoms with Crippen LogP contribution in [-0.4, -0.2) is 39.2 Å². The van der Waals surface area contributed by atoms with E-state index >= 15 is 0 Å². The van der Waals surface area contributed by atoms with E-state index in [4.69, 9.17) is 9.15 Å². The third-order valence-corrected chi connectivity index (χ3v) is 5.26. The highest BCUT2D eigenvalue weighted by atomic mass is 32.2. The Labute approximate surface area is 189 Å². The molecular weight excluding hydrogens is 426 g/mol. The van der Waals surface area contributed by atoms with Gasteiger partial charge in [0, 0.05) is 11.3 Å². The van der Waals surface area contributed by atoms with Crippen LogP contribution >= 0.6 is 11.8 Å². The lowest BCUT2D eigenvalue weighted by Gasteiger charge is -2.11. The van der Waals surface area contributed by atoms with Crippen LogP contribution in [0.25, 0.3) is 17.1 Å². The number of carbonyl (C=O) groups excluding carboxylic acids is 1. The Morgan fingerprint density at radius 2 is 1.94 bits per heavy atom. The van der Waals surface area contributed by atoms with Crippen LogP contribution < -0.4 is 10.2 Å². The number of hydrogen-bond donors (Lipinski definition) is 1. The van der Waals surface area contributed by atoms with Crippen LogP contribution in [-0.2, 0) is 4.79 Å². The lowest BCUT2D eigenvalue weighted by molar-refractivity contribution is -0.118. The molecule has 0 radical (unpaired) electrons. The van der Waals surface area contributed by atoms with Gasteiger partial charge in [-0.05, 0) is 43.3 Å². The molecule has 0 bridgehead atoms. The van der Waals surface area contributed by atoms with Crippen molar-refractivity contribution in [1.82, 2.24) is 20.2 Å². The van der Waals surface area contributed by atoms with Gasteiger partial charge in [0.15, 0.2) is 11.0 Å². The maximum absolute atomic E-state index is 12.2. The van der Waals surface area contributed by atoms with Crippen LogP contribution in [0.5, 0.6) is 5.75 Å². The quantitative estimate of drug-likeness (QED) is 0.235. The number of thioether (sulfide) groups is 1. The van der Waals surface area contributed by atoms with Gasteiger partial charge < -0.3 is 9.15 Å². The molecule has 8 nitrogen and oxygen atoms in total. The van der Waals surface area contributed by atoms with E-state index in [1.54, 1.807) is 12.1 Å². The summed E-state index contributed by atoms with van der Waals surface area (Å²) in [4.78, 5) is 12.2. The average Bonchev–Trinajstić information content (AvgIpc) is 3.49. The molecule has 0 saturated carbocycles. The summed E-state index contributed by atoms with van der Waals surface area (Å²) in [6.45, 7) is 2.54. The molecular formula is C23H21N5O3S. The summed E-state index contributed by atoms with van der Waals surface area (Å²) in [5, 5.41) is 13.2. The van der Waals surface area contributed by atoms with Crippen molar-refractivity contribution < 1.29 is 13.9 Å². The average molecular weight is 448 g/mol. The summed E-state index contributed by atoms with van der Waals surface area (Å²) in [5.74, 6) is 1.89. The molecule has 2 aromatic carbocycles. The van der Waals surface area contributed by atoms with Crippen molar-refractivity contribution in [2.75, 3.05) is 12.4 Å². The Balaban J connectivity index is 1.53. The molecule has 0 atom stereocenters. The van der Waals surface area contributed by atoms with Crippen LogP contribution in [0.3, 0.4) is 0 Å². The normalized spacial score (nSPS) is 11.0. The first kappa shape index (κ1) is 21.4. The fraction of sp³-hybridized carbons (Fsp3) is 0.130. The van der Waals surface area contributed by atoms with Gasteiger partial charge in [0.05, 0.1) is 24.8 Å². The molecule has 162 valence electrons. The molecule has 0 aliphatic heterocycles. The van der Waals surface area contributed by atoms with Gasteiger partial charge in [-0.2, -0.15) is 5.10 Å². The maximum atomic E-state index is 12.2. The number of nitrogens with one attached hydrogen (secondary N) is 1. The van der Waals surface area contributed by atoms with Gasteiger partial charge in [0.25, 0.3) is 5.91 Å². The van der Waals surface area contributed by atoms with Crippen molar-refractivity contribution in [1.29, 1.82) is 0 Å². The van der Waals surface area contributed by atoms with Gasteiger partial charge in [0.2, 0.25) is 0 Å². The topological polar surface area (TPSA) is 94.5 Å². The zero-order chi connectivity index (χ0) is 22.2. The van der Waals surface area contributed by atoms with Crippen molar-refractivity contribution in [3.8, 4) is 22.8 Å². The fourth-order valence-corrected chi connectivity index (χ4v) is 3.67. The Morgan fingerprint density at radius 1 is 1.12 bits per heavy atom. The Morgan fingerprint density at radius 3 is 2.66 bits per heavy atom. The monoisotopic (exact) mass is 447 g/mol. The number of nitrogens with zero attached hydrogens (tertiary/aromatic N) is 4. The van der Waals surface area contributed by atoms with E-state index < -0.39 is 0 Å². The second-order valence-electron chi connectivity index (χ2n) is 6.53. The molecule has 4 rings (SSSR count). The van der Waals surface area contributed by atoms with E-state index in [1.807, 2.05) is 66.1 Å². The molecule has 0 saturated heterocycles. The minimum atomic E-state index is -0.264. The molecule has 2 heterocycles. The van der Waals surface area contributed by atoms with E-state index in [0.29, 0.717) is 23.3 Å². The fourth-order valence-electron chi connectivity index (χ4n) is 2.92. The van der Waals surface area contributed by atoms with Gasteiger partial charge in [-0.25, -0.2) is 5.43 Å². The number of carbonyl (C=O) groups is 1. The van der Waals surface area contributed by atoms with Crippen LogP contribution in [0.15, 0.2) is 87.7 Å². The number of hydrazone groups is 1. The van der Waals surface area contributed by atoms with Crippen LogP contribution in [0.1, 0.15) is 12.7 Å². The van der Waals surface area contributed by atoms with E-state index in [-0.39, 0.29) is 11.7 Å². The summed E-state index contributed by atoms with van der Waals surface area (Å²) in [7, 11) is 0. The van der Waals surface area contributed by atoms with E-state index in [1.165, 1.54) is 24.2 Å². The lowest BCUT2D eigenvalue weighted by atomic mass is 10.2. The summed E-state index contributed by atoms with van der Waals surface area (Å²) in [5.41, 5.74) is 4.28. The van der Waals surface area contributed by atoms with E-state index in [9.17, 15) is 4.79 Å². The molecule has 0 unspecified atom stereocenters. The Kier molecular flexibility index (Phi) is 6.98. The number of amides is 1. The first-order valence-corrected chi connectivity index (χ1v) is 11.0. The van der Waals surface area contributed by atoms with Crippen LogP contribution in [0.4, 0.5) is 0 Å². The molecule has 0 spiro atoms. The standard InChI is InChI=1S/C23H21N5O3S/c1-2-30-19-12-10-18(11-13-19)28-22(17-7-4-3-5-8-17)26-27-23(28)32-16-21(29)25-24-15-20-9-6-14-31-20/h3-15H,2,16H2,1H3,(H,25,29)/b24-15-. The van der Waals surface area contributed by atoms with Gasteiger partial charge >= 0.3 is 0 Å². The van der Waals surface area contributed by atoms with Crippen molar-refractivity contribution >= 4 is 23.9 Å². The van der Waals surface area contributed by atoms with E-state index in [2.05, 4.69) is 20.7 Å². The largest absolute Gasteiger partial charge is 0.494 e. The predicted molar refractivity (Wildman–Crippen MR) is 123 cm³/mol. The van der Waals surface area contributed by atoms with Crippen molar-refractivity contribution in [2.24, 2.45) is 5.10 Å². The number of hydrogen-bond acceptors (Lipinski definition) is 7. The summed E-state index contributed by atoms with van der Waals surface area (Å²) < 4.78 is 12.6. The van der Waals surface area contributed by atoms with Gasteiger partial charge in [-0.3, -0.25) is 9.36 Å². The SMILES string of the molecule is CCOc1ccc(-n2c(SCC(=O)N/N=C\c3ccco3)nnc2-c2ccccc2)cc1. The number of ether oxygens (including phenoxy) is 1. The third-order valence-electron chi connectivity index (χ3n) is 4.33. The maximum Gasteiger partial charge on any atom is 0.250 e. The first-order valence-electron chi connectivity index (χ1n) is 9.97. The van der Waals surface area contributed by atoms with Crippen molar-refractivity contribution in [3.05, 3.63) is 78.8 Å². The highest BCUT2D eigenvalue weighted by Gasteiger charge is 2.17. The zero-order valence-corrected chi connectivity index (χ0v) is 18.2.